The number of hydrogen-bond acceptors (Lipinski definition) is 4. The van der Waals surface area contributed by atoms with Crippen molar-refractivity contribution in [3.8, 4) is 0 Å². The van der Waals surface area contributed by atoms with Crippen molar-refractivity contribution in [2.24, 2.45) is 0 Å². The van der Waals surface area contributed by atoms with E-state index in [4.69, 9.17) is 0 Å². The van der Waals surface area contributed by atoms with Gasteiger partial charge in [0.2, 0.25) is 0 Å². The average Bonchev–Trinajstić information content (AvgIpc) is 2.92. The Morgan fingerprint density at radius 3 is 2.61 bits per heavy atom. The lowest BCUT2D eigenvalue weighted by molar-refractivity contribution is -0.430. The highest BCUT2D eigenvalue weighted by atomic mass is 19.4. The lowest BCUT2D eigenvalue weighted by Gasteiger charge is -2.24. The molecule has 0 spiro atoms. The first kappa shape index (κ1) is 15.1. The molecule has 1 aromatic heterocycles. The van der Waals surface area contributed by atoms with E-state index in [9.17, 15) is 23.3 Å². The number of benzene rings is 1. The maximum Gasteiger partial charge on any atom is 0.416 e. The summed E-state index contributed by atoms with van der Waals surface area (Å²) in [4.78, 5) is 10.8. The van der Waals surface area contributed by atoms with Crippen LogP contribution < -0.4 is 5.32 Å². The van der Waals surface area contributed by atoms with Crippen LogP contribution in [0.4, 0.5) is 19.0 Å². The second kappa shape index (κ2) is 5.11. The summed E-state index contributed by atoms with van der Waals surface area (Å²) in [6.07, 6.45) is -3.31. The average molecular weight is 324 g/mol. The second-order valence-corrected chi connectivity index (χ2v) is 5.11. The molecule has 2 aromatic rings. The number of nitrogens with zero attached hydrogens (tertiary/aromatic N) is 2. The molecule has 0 saturated carbocycles. The summed E-state index contributed by atoms with van der Waals surface area (Å²) in [7, 11) is 0. The van der Waals surface area contributed by atoms with Crippen molar-refractivity contribution in [1.29, 1.82) is 0 Å². The highest BCUT2D eigenvalue weighted by Gasteiger charge is 2.43. The van der Waals surface area contributed by atoms with Crippen LogP contribution in [-0.4, -0.2) is 15.1 Å². The molecule has 2 heterocycles. The predicted molar refractivity (Wildman–Crippen MR) is 75.2 cm³/mol. The normalized spacial score (nSPS) is 17.7. The Morgan fingerprint density at radius 1 is 1.26 bits per heavy atom. The Hall–Kier alpha value is -2.84. The fraction of sp³-hybridized carbons (Fsp3) is 0.214. The number of aromatic nitrogens is 2. The maximum absolute atomic E-state index is 13.3. The van der Waals surface area contributed by atoms with E-state index in [-0.39, 0.29) is 17.0 Å². The third-order valence-electron chi connectivity index (χ3n) is 3.72. The van der Waals surface area contributed by atoms with Gasteiger partial charge in [0, 0.05) is 5.56 Å². The van der Waals surface area contributed by atoms with Crippen molar-refractivity contribution >= 4 is 5.82 Å². The molecule has 0 fully saturated rings. The quantitative estimate of drug-likeness (QED) is 0.654. The molecule has 1 unspecified atom stereocenters. The third-order valence-corrected chi connectivity index (χ3v) is 3.72. The van der Waals surface area contributed by atoms with Gasteiger partial charge in [-0.05, 0) is 18.6 Å². The third kappa shape index (κ3) is 2.43. The first-order valence-electron chi connectivity index (χ1n) is 6.62. The van der Waals surface area contributed by atoms with Gasteiger partial charge in [-0.1, -0.05) is 18.2 Å². The molecule has 0 radical (unpaired) electrons. The van der Waals surface area contributed by atoms with Gasteiger partial charge in [0.15, 0.2) is 0 Å². The lowest BCUT2D eigenvalue weighted by atomic mass is 9.84. The molecule has 0 amide bonds. The predicted octanol–water partition coefficient (Wildman–Crippen LogP) is 3.49. The molecular formula is C14H11F3N4O2. The van der Waals surface area contributed by atoms with E-state index < -0.39 is 22.6 Å². The van der Waals surface area contributed by atoms with Gasteiger partial charge in [-0.25, -0.2) is 0 Å². The topological polar surface area (TPSA) is 83.8 Å². The molecule has 1 aliphatic rings. The SMILES string of the molecule is CC1=C([N+](=O)[O-])C(c2ccccc2C(F)(F)F)c2cn[nH]c2N1. The zero-order chi connectivity index (χ0) is 16.8. The van der Waals surface area contributed by atoms with Crippen molar-refractivity contribution < 1.29 is 18.1 Å². The minimum atomic E-state index is -4.61. The Labute approximate surface area is 128 Å². The van der Waals surface area contributed by atoms with E-state index in [0.717, 1.165) is 6.07 Å². The van der Waals surface area contributed by atoms with Crippen molar-refractivity contribution in [2.45, 2.75) is 19.0 Å². The molecule has 6 nitrogen and oxygen atoms in total. The zero-order valence-electron chi connectivity index (χ0n) is 11.8. The summed E-state index contributed by atoms with van der Waals surface area (Å²) in [5, 5.41) is 20.6. The molecule has 1 aliphatic heterocycles. The molecule has 2 N–H and O–H groups in total. The van der Waals surface area contributed by atoms with Gasteiger partial charge in [-0.15, -0.1) is 0 Å². The Kier molecular flexibility index (Phi) is 3.35. The molecule has 1 atom stereocenters. The van der Waals surface area contributed by atoms with Crippen LogP contribution in [-0.2, 0) is 6.18 Å². The molecule has 0 bridgehead atoms. The van der Waals surface area contributed by atoms with E-state index >= 15 is 0 Å². The number of aromatic amines is 1. The number of H-pyrrole nitrogens is 1. The van der Waals surface area contributed by atoms with Crippen molar-refractivity contribution in [3.63, 3.8) is 0 Å². The fourth-order valence-corrected chi connectivity index (χ4v) is 2.79. The Balaban J connectivity index is 2.28. The Bertz CT molecular complexity index is 810. The first-order chi connectivity index (χ1) is 10.8. The number of nitrogens with one attached hydrogen (secondary N) is 2. The first-order valence-corrected chi connectivity index (χ1v) is 6.62. The number of alkyl halides is 3. The van der Waals surface area contributed by atoms with Crippen molar-refractivity contribution in [2.75, 3.05) is 5.32 Å². The number of fused-ring (bicyclic) bond motifs is 1. The van der Waals surface area contributed by atoms with Crippen LogP contribution in [0.1, 0.15) is 29.5 Å². The Morgan fingerprint density at radius 2 is 1.96 bits per heavy atom. The van der Waals surface area contributed by atoms with Crippen molar-refractivity contribution in [1.82, 2.24) is 10.2 Å². The lowest BCUT2D eigenvalue weighted by Crippen LogP contribution is -2.24. The van der Waals surface area contributed by atoms with Gasteiger partial charge in [0.05, 0.1) is 22.4 Å². The second-order valence-electron chi connectivity index (χ2n) is 5.11. The van der Waals surface area contributed by atoms with Gasteiger partial charge in [-0.2, -0.15) is 18.3 Å². The highest BCUT2D eigenvalue weighted by molar-refractivity contribution is 5.60. The van der Waals surface area contributed by atoms with E-state index in [1.165, 1.54) is 31.3 Å². The van der Waals surface area contributed by atoms with Gasteiger partial charge < -0.3 is 5.32 Å². The van der Waals surface area contributed by atoms with Crippen LogP contribution in [0, 0.1) is 10.1 Å². The summed E-state index contributed by atoms with van der Waals surface area (Å²) in [5.74, 6) is -0.798. The number of halogens is 3. The van der Waals surface area contributed by atoms with E-state index in [2.05, 4.69) is 15.5 Å². The molecule has 23 heavy (non-hydrogen) atoms. The molecular weight excluding hydrogens is 313 g/mol. The fourth-order valence-electron chi connectivity index (χ4n) is 2.79. The van der Waals surface area contributed by atoms with Gasteiger partial charge >= 0.3 is 6.18 Å². The van der Waals surface area contributed by atoms with Crippen LogP contribution in [0.15, 0.2) is 41.9 Å². The molecule has 9 heteroatoms. The molecule has 120 valence electrons. The van der Waals surface area contributed by atoms with Gasteiger partial charge in [0.1, 0.15) is 11.7 Å². The van der Waals surface area contributed by atoms with Crippen LogP contribution in [0.2, 0.25) is 0 Å². The molecule has 3 rings (SSSR count). The smallest absolute Gasteiger partial charge is 0.339 e. The minimum Gasteiger partial charge on any atom is -0.339 e. The minimum absolute atomic E-state index is 0.171. The summed E-state index contributed by atoms with van der Waals surface area (Å²) >= 11 is 0. The summed E-state index contributed by atoms with van der Waals surface area (Å²) < 4.78 is 39.9. The van der Waals surface area contributed by atoms with E-state index in [1.807, 2.05) is 0 Å². The highest BCUT2D eigenvalue weighted by Crippen LogP contribution is 2.45. The maximum atomic E-state index is 13.3. The number of nitro groups is 1. The van der Waals surface area contributed by atoms with Crippen LogP contribution in [0.25, 0.3) is 0 Å². The van der Waals surface area contributed by atoms with Crippen molar-refractivity contribution in [3.05, 3.63) is 68.7 Å². The largest absolute Gasteiger partial charge is 0.416 e. The summed E-state index contributed by atoms with van der Waals surface area (Å²) in [5.41, 5.74) is -0.912. The van der Waals surface area contributed by atoms with E-state index in [1.54, 1.807) is 0 Å². The molecule has 0 aliphatic carbocycles. The monoisotopic (exact) mass is 324 g/mol. The van der Waals surface area contributed by atoms with Gasteiger partial charge in [-0.3, -0.25) is 15.2 Å². The zero-order valence-corrected chi connectivity index (χ0v) is 11.8. The van der Waals surface area contributed by atoms with Gasteiger partial charge in [0.25, 0.3) is 5.70 Å². The molecule has 1 aromatic carbocycles. The van der Waals surface area contributed by atoms with Crippen LogP contribution in [0.3, 0.4) is 0 Å². The summed E-state index contributed by atoms with van der Waals surface area (Å²) in [6.45, 7) is 1.45. The molecule has 0 saturated heterocycles. The summed E-state index contributed by atoms with van der Waals surface area (Å²) in [6, 6.07) is 4.86. The number of rotatable bonds is 2. The number of hydrogen-bond donors (Lipinski definition) is 2. The number of allylic oxidation sites excluding steroid dienone is 2. The van der Waals surface area contributed by atoms with Crippen LogP contribution in [0.5, 0.6) is 0 Å². The van der Waals surface area contributed by atoms with E-state index in [0.29, 0.717) is 11.4 Å². The van der Waals surface area contributed by atoms with Crippen LogP contribution >= 0.6 is 0 Å². The number of anilines is 1. The standard InChI is InChI=1S/C14H11F3N4O2/c1-7-12(21(22)23)11(9-6-18-20-13(9)19-7)8-4-2-3-5-10(8)14(15,16)17/h2-6,11H,1H3,(H2,18,19,20).